The number of nitrogens with one attached hydrogen (secondary N) is 1. The Morgan fingerprint density at radius 2 is 1.15 bits per heavy atom. The van der Waals surface area contributed by atoms with Gasteiger partial charge in [-0.05, 0) is 19.3 Å². The van der Waals surface area contributed by atoms with E-state index in [2.05, 4.69) is 19.2 Å². The van der Waals surface area contributed by atoms with Crippen molar-refractivity contribution in [3.63, 3.8) is 0 Å². The van der Waals surface area contributed by atoms with Gasteiger partial charge < -0.3 is 45.1 Å². The highest BCUT2D eigenvalue weighted by molar-refractivity contribution is 7.46. The highest BCUT2D eigenvalue weighted by Crippen LogP contribution is 2.40. The Hall–Kier alpha value is -0.950. The van der Waals surface area contributed by atoms with Gasteiger partial charge in [0.05, 0.1) is 25.2 Å². The molecular weight excluding hydrogens is 629 g/mol. The fourth-order valence-corrected chi connectivity index (χ4v) is 6.21. The Morgan fingerprint density at radius 1 is 0.702 bits per heavy atom. The van der Waals surface area contributed by atoms with Crippen LogP contribution in [0.2, 0.25) is 0 Å². The lowest BCUT2D eigenvalue weighted by Gasteiger charge is -2.33. The number of carbonyl (C=O) groups is 2. The molecular formula is C34H68NO11P. The van der Waals surface area contributed by atoms with Gasteiger partial charge in [-0.2, -0.15) is 0 Å². The standard InChI is InChI=1S/C34H68NO11P/c1-3-5-7-9-11-13-15-17-19-21-28(38)23-24-45-33(34(31(40)27-37)46-47(42,43)44)30(26-36)35-32(41)25-29(39)22-20-18-16-14-12-10-8-6-4-2/h26,28-31,33-34,37-40H,3-25,27H2,1-2H3,(H,35,41)(H2,42,43,44)/t28-,29-,30+,31-,33-,34-/m1/s1. The first-order valence-corrected chi connectivity index (χ1v) is 19.8. The molecule has 0 rings (SSSR count). The van der Waals surface area contributed by atoms with E-state index in [4.69, 9.17) is 9.26 Å². The second-order valence-corrected chi connectivity index (χ2v) is 14.1. The molecule has 0 radical (unpaired) electrons. The summed E-state index contributed by atoms with van der Waals surface area (Å²) in [6.45, 7) is 3.23. The van der Waals surface area contributed by atoms with E-state index < -0.39 is 56.9 Å². The van der Waals surface area contributed by atoms with Crippen LogP contribution in [-0.2, 0) is 23.4 Å². The van der Waals surface area contributed by atoms with Crippen LogP contribution in [0, 0.1) is 0 Å². The molecule has 0 saturated carbocycles. The zero-order valence-corrected chi connectivity index (χ0v) is 30.1. The molecule has 0 aliphatic rings. The fourth-order valence-electron chi connectivity index (χ4n) is 5.63. The van der Waals surface area contributed by atoms with Crippen LogP contribution in [0.1, 0.15) is 155 Å². The second kappa shape index (κ2) is 29.9. The van der Waals surface area contributed by atoms with Crippen LogP contribution in [0.25, 0.3) is 0 Å². The van der Waals surface area contributed by atoms with Crippen molar-refractivity contribution in [2.24, 2.45) is 0 Å². The van der Waals surface area contributed by atoms with Crippen molar-refractivity contribution < 1.29 is 53.6 Å². The Bertz CT molecular complexity index is 800. The largest absolute Gasteiger partial charge is 0.470 e. The molecule has 0 unspecified atom stereocenters. The molecule has 0 heterocycles. The zero-order valence-electron chi connectivity index (χ0n) is 29.2. The average molecular weight is 698 g/mol. The van der Waals surface area contributed by atoms with E-state index >= 15 is 0 Å². The molecule has 0 aromatic carbocycles. The molecule has 0 saturated heterocycles. The Balaban J connectivity index is 4.97. The molecule has 0 aromatic heterocycles. The Kier molecular flexibility index (Phi) is 29.3. The van der Waals surface area contributed by atoms with Crippen LogP contribution in [0.3, 0.4) is 0 Å². The lowest BCUT2D eigenvalue weighted by molar-refractivity contribution is -0.138. The minimum atomic E-state index is -5.23. The summed E-state index contributed by atoms with van der Waals surface area (Å²) in [4.78, 5) is 43.7. The highest BCUT2D eigenvalue weighted by Gasteiger charge is 2.40. The maximum atomic E-state index is 12.7. The summed E-state index contributed by atoms with van der Waals surface area (Å²) in [6, 6.07) is -1.53. The van der Waals surface area contributed by atoms with Crippen molar-refractivity contribution >= 4 is 20.0 Å². The first-order valence-electron chi connectivity index (χ1n) is 18.2. The fraction of sp³-hybridized carbons (Fsp3) is 0.941. The van der Waals surface area contributed by atoms with Gasteiger partial charge in [0, 0.05) is 6.61 Å². The molecule has 7 N–H and O–H groups in total. The molecule has 47 heavy (non-hydrogen) atoms. The highest BCUT2D eigenvalue weighted by atomic mass is 31.2. The van der Waals surface area contributed by atoms with E-state index in [1.54, 1.807) is 0 Å². The summed E-state index contributed by atoms with van der Waals surface area (Å²) in [5, 5.41) is 43.1. The number of hydrogen-bond donors (Lipinski definition) is 7. The number of aliphatic hydroxyl groups is 4. The number of rotatable bonds is 34. The number of hydrogen-bond acceptors (Lipinski definition) is 9. The lowest BCUT2D eigenvalue weighted by atomic mass is 10.0. The van der Waals surface area contributed by atoms with Crippen LogP contribution in [0.4, 0.5) is 0 Å². The van der Waals surface area contributed by atoms with Crippen LogP contribution in [-0.4, -0.2) is 92.2 Å². The smallest absolute Gasteiger partial charge is 0.394 e. The van der Waals surface area contributed by atoms with Gasteiger partial charge in [-0.1, -0.05) is 129 Å². The second-order valence-electron chi connectivity index (χ2n) is 12.9. The number of phosphoric acid groups is 1. The Morgan fingerprint density at radius 3 is 1.57 bits per heavy atom. The maximum Gasteiger partial charge on any atom is 0.470 e. The number of ether oxygens (including phenoxy) is 1. The third-order valence-electron chi connectivity index (χ3n) is 8.44. The molecule has 6 atom stereocenters. The topological polar surface area (TPSA) is 203 Å². The molecule has 13 heteroatoms. The molecule has 12 nitrogen and oxygen atoms in total. The van der Waals surface area contributed by atoms with Gasteiger partial charge in [0.25, 0.3) is 0 Å². The monoisotopic (exact) mass is 697 g/mol. The van der Waals surface area contributed by atoms with E-state index in [-0.39, 0.29) is 25.7 Å². The van der Waals surface area contributed by atoms with Crippen molar-refractivity contribution in [1.29, 1.82) is 0 Å². The van der Waals surface area contributed by atoms with Crippen LogP contribution in [0.5, 0.6) is 0 Å². The number of unbranched alkanes of at least 4 members (excludes halogenated alkanes) is 16. The van der Waals surface area contributed by atoms with E-state index in [9.17, 15) is 44.4 Å². The number of aldehydes is 1. The van der Waals surface area contributed by atoms with Gasteiger partial charge in [-0.25, -0.2) is 4.57 Å². The van der Waals surface area contributed by atoms with Crippen molar-refractivity contribution in [1.82, 2.24) is 5.32 Å². The van der Waals surface area contributed by atoms with Crippen LogP contribution >= 0.6 is 7.82 Å². The number of amides is 1. The van der Waals surface area contributed by atoms with Crippen molar-refractivity contribution in [3.05, 3.63) is 0 Å². The van der Waals surface area contributed by atoms with Gasteiger partial charge in [-0.3, -0.25) is 9.32 Å². The molecule has 0 aliphatic carbocycles. The predicted octanol–water partition coefficient (Wildman–Crippen LogP) is 5.23. The predicted molar refractivity (Wildman–Crippen MR) is 183 cm³/mol. The van der Waals surface area contributed by atoms with Crippen molar-refractivity contribution in [2.45, 2.75) is 192 Å². The molecule has 0 aliphatic heterocycles. The van der Waals surface area contributed by atoms with Gasteiger partial charge in [0.2, 0.25) is 5.91 Å². The lowest BCUT2D eigenvalue weighted by Crippen LogP contribution is -2.55. The molecule has 0 aromatic rings. The first-order chi connectivity index (χ1) is 22.5. The summed E-state index contributed by atoms with van der Waals surface area (Å²) < 4.78 is 22.1. The van der Waals surface area contributed by atoms with E-state index in [1.807, 2.05) is 0 Å². The van der Waals surface area contributed by atoms with Gasteiger partial charge in [0.15, 0.2) is 0 Å². The minimum absolute atomic E-state index is 0.127. The quantitative estimate of drug-likeness (QED) is 0.0264. The first kappa shape index (κ1) is 46.0. The summed E-state index contributed by atoms with van der Waals surface area (Å²) >= 11 is 0. The van der Waals surface area contributed by atoms with Gasteiger partial charge in [0.1, 0.15) is 30.6 Å². The maximum absolute atomic E-state index is 12.7. The average Bonchev–Trinajstić information content (AvgIpc) is 3.02. The van der Waals surface area contributed by atoms with Gasteiger partial charge in [-0.15, -0.1) is 0 Å². The van der Waals surface area contributed by atoms with Crippen molar-refractivity contribution in [2.75, 3.05) is 13.2 Å². The number of aliphatic hydroxyl groups excluding tert-OH is 4. The van der Waals surface area contributed by atoms with Crippen LogP contribution in [0.15, 0.2) is 0 Å². The van der Waals surface area contributed by atoms with E-state index in [0.29, 0.717) is 12.8 Å². The third kappa shape index (κ3) is 26.6. The Labute approximate surface area is 283 Å². The normalized spacial score (nSPS) is 15.9. The minimum Gasteiger partial charge on any atom is -0.394 e. The summed E-state index contributed by atoms with van der Waals surface area (Å²) in [5.74, 6) is -0.696. The summed E-state index contributed by atoms with van der Waals surface area (Å²) in [5.41, 5.74) is 0. The zero-order chi connectivity index (χ0) is 35.3. The molecule has 1 amide bonds. The SMILES string of the molecule is CCCCCCCCCCC[C@@H](O)CCO[C@@H]([C@H](OP(=O)(O)O)[C@H](O)CO)[C@H](C=O)NC(=O)C[C@H](O)CCCCCCCCCCC. The molecule has 0 fully saturated rings. The van der Waals surface area contributed by atoms with Crippen LogP contribution < -0.4 is 5.32 Å². The van der Waals surface area contributed by atoms with Gasteiger partial charge >= 0.3 is 7.82 Å². The molecule has 0 spiro atoms. The number of phosphoric ester groups is 1. The van der Waals surface area contributed by atoms with Crippen molar-refractivity contribution in [3.8, 4) is 0 Å². The molecule has 280 valence electrons. The van der Waals surface area contributed by atoms with E-state index in [1.165, 1.54) is 64.2 Å². The number of carbonyl (C=O) groups excluding carboxylic acids is 2. The molecule has 0 bridgehead atoms. The summed E-state index contributed by atoms with van der Waals surface area (Å²) in [7, 11) is -5.23. The van der Waals surface area contributed by atoms with E-state index in [0.717, 1.165) is 51.4 Å². The third-order valence-corrected chi connectivity index (χ3v) is 8.96. The summed E-state index contributed by atoms with van der Waals surface area (Å²) in [6.07, 6.45) is 14.3.